The molecule has 2 aliphatic rings. The summed E-state index contributed by atoms with van der Waals surface area (Å²) in [5, 5.41) is 5.24. The molecule has 1 aromatic rings. The predicted molar refractivity (Wildman–Crippen MR) is 97.7 cm³/mol. The van der Waals surface area contributed by atoms with Crippen molar-refractivity contribution in [3.8, 4) is 0 Å². The van der Waals surface area contributed by atoms with Crippen LogP contribution < -0.4 is 10.6 Å². The monoisotopic (exact) mass is 443 g/mol. The number of carbonyl (C=O) groups is 3. The predicted octanol–water partition coefficient (Wildman–Crippen LogP) is 0.922. The fourth-order valence-corrected chi connectivity index (χ4v) is 5.08. The maximum absolute atomic E-state index is 12.3. The highest BCUT2D eigenvalue weighted by molar-refractivity contribution is 9.10. The molecule has 1 fully saturated rings. The molecule has 140 valence electrons. The van der Waals surface area contributed by atoms with Gasteiger partial charge in [-0.05, 0) is 31.0 Å². The lowest BCUT2D eigenvalue weighted by atomic mass is 10.1. The van der Waals surface area contributed by atoms with E-state index < -0.39 is 15.9 Å². The zero-order chi connectivity index (χ0) is 18.9. The molecule has 4 amide bonds. The van der Waals surface area contributed by atoms with Crippen molar-refractivity contribution < 1.29 is 22.8 Å². The first-order chi connectivity index (χ1) is 12.3. The third-order valence-electron chi connectivity index (χ3n) is 4.34. The normalized spacial score (nSPS) is 21.0. The second-order valence-electron chi connectivity index (χ2n) is 6.31. The fourth-order valence-electron chi connectivity index (χ4n) is 3.05. The molecule has 1 unspecified atom stereocenters. The van der Waals surface area contributed by atoms with Crippen LogP contribution in [0.15, 0.2) is 22.7 Å². The van der Waals surface area contributed by atoms with E-state index in [-0.39, 0.29) is 42.5 Å². The lowest BCUT2D eigenvalue weighted by Gasteiger charge is -2.15. The number of urea groups is 1. The number of fused-ring (bicyclic) bond motifs is 1. The van der Waals surface area contributed by atoms with E-state index in [1.807, 2.05) is 0 Å². The number of rotatable bonds is 5. The molecule has 0 aliphatic carbocycles. The van der Waals surface area contributed by atoms with Crippen LogP contribution in [0.2, 0.25) is 0 Å². The second kappa shape index (κ2) is 7.36. The summed E-state index contributed by atoms with van der Waals surface area (Å²) in [4.78, 5) is 37.5. The Morgan fingerprint density at radius 2 is 1.96 bits per heavy atom. The zero-order valence-electron chi connectivity index (χ0n) is 13.8. The van der Waals surface area contributed by atoms with Crippen LogP contribution in [0.3, 0.4) is 0 Å². The number of imide groups is 1. The molecule has 0 saturated carbocycles. The highest BCUT2D eigenvalue weighted by Crippen LogP contribution is 2.25. The van der Waals surface area contributed by atoms with Crippen LogP contribution in [0, 0.1) is 0 Å². The van der Waals surface area contributed by atoms with Crippen LogP contribution in [0.1, 0.15) is 33.6 Å². The average Bonchev–Trinajstić information content (AvgIpc) is 3.02. The van der Waals surface area contributed by atoms with Crippen LogP contribution >= 0.6 is 15.9 Å². The molecule has 2 aliphatic heterocycles. The van der Waals surface area contributed by atoms with Gasteiger partial charge in [-0.25, -0.2) is 13.2 Å². The molecule has 0 radical (unpaired) electrons. The van der Waals surface area contributed by atoms with Crippen molar-refractivity contribution in [3.05, 3.63) is 33.8 Å². The number of hydrogen-bond donors (Lipinski definition) is 2. The second-order valence-corrected chi connectivity index (χ2v) is 9.45. The van der Waals surface area contributed by atoms with Gasteiger partial charge < -0.3 is 10.6 Å². The highest BCUT2D eigenvalue weighted by atomic mass is 79.9. The molecule has 2 heterocycles. The van der Waals surface area contributed by atoms with E-state index in [1.165, 1.54) is 4.90 Å². The molecule has 26 heavy (non-hydrogen) atoms. The SMILES string of the molecule is O=C(NCCCN1C(=O)c2ccc(Br)cc2C1=O)NC1CCS(=O)(=O)C1. The number of nitrogens with one attached hydrogen (secondary N) is 2. The summed E-state index contributed by atoms with van der Waals surface area (Å²) < 4.78 is 23.5. The van der Waals surface area contributed by atoms with Gasteiger partial charge >= 0.3 is 6.03 Å². The van der Waals surface area contributed by atoms with Gasteiger partial charge in [-0.1, -0.05) is 15.9 Å². The van der Waals surface area contributed by atoms with Crippen LogP contribution in [-0.4, -0.2) is 61.8 Å². The molecule has 1 saturated heterocycles. The van der Waals surface area contributed by atoms with Crippen molar-refractivity contribution in [2.24, 2.45) is 0 Å². The third-order valence-corrected chi connectivity index (χ3v) is 6.61. The number of carbonyl (C=O) groups excluding carboxylic acids is 3. The van der Waals surface area contributed by atoms with Gasteiger partial charge in [0.25, 0.3) is 11.8 Å². The Kier molecular flexibility index (Phi) is 5.33. The Hall–Kier alpha value is -1.94. The molecule has 1 atom stereocenters. The van der Waals surface area contributed by atoms with Gasteiger partial charge in [0.05, 0.1) is 22.6 Å². The van der Waals surface area contributed by atoms with Crippen molar-refractivity contribution in [2.45, 2.75) is 18.9 Å². The third kappa shape index (κ3) is 4.07. The zero-order valence-corrected chi connectivity index (χ0v) is 16.2. The van der Waals surface area contributed by atoms with Crippen molar-refractivity contribution in [3.63, 3.8) is 0 Å². The van der Waals surface area contributed by atoms with E-state index in [0.29, 0.717) is 24.0 Å². The smallest absolute Gasteiger partial charge is 0.315 e. The molecule has 0 bridgehead atoms. The standard InChI is InChI=1S/C16H18BrN3O5S/c17-10-2-3-12-13(8-10)15(22)20(14(12)21)6-1-5-18-16(23)19-11-4-7-26(24,25)9-11/h2-3,8,11H,1,4-7,9H2,(H2,18,19,23). The topological polar surface area (TPSA) is 113 Å². The minimum atomic E-state index is -3.05. The van der Waals surface area contributed by atoms with E-state index in [4.69, 9.17) is 0 Å². The molecular weight excluding hydrogens is 426 g/mol. The molecule has 0 aromatic heterocycles. The molecular formula is C16H18BrN3O5S. The summed E-state index contributed by atoms with van der Waals surface area (Å²) in [5.74, 6) is -0.622. The first kappa shape index (κ1) is 18.8. The van der Waals surface area contributed by atoms with Gasteiger partial charge in [0, 0.05) is 23.6 Å². The van der Waals surface area contributed by atoms with Crippen molar-refractivity contribution in [1.29, 1.82) is 0 Å². The van der Waals surface area contributed by atoms with E-state index in [2.05, 4.69) is 26.6 Å². The lowest BCUT2D eigenvalue weighted by Crippen LogP contribution is -2.43. The summed E-state index contributed by atoms with van der Waals surface area (Å²) in [6, 6.07) is 4.13. The Morgan fingerprint density at radius 1 is 1.23 bits per heavy atom. The van der Waals surface area contributed by atoms with Gasteiger partial charge in [0.1, 0.15) is 0 Å². The molecule has 10 heteroatoms. The van der Waals surface area contributed by atoms with Gasteiger partial charge in [-0.3, -0.25) is 14.5 Å². The van der Waals surface area contributed by atoms with Crippen molar-refractivity contribution in [1.82, 2.24) is 15.5 Å². The maximum Gasteiger partial charge on any atom is 0.315 e. The molecule has 8 nitrogen and oxygen atoms in total. The van der Waals surface area contributed by atoms with Crippen LogP contribution in [-0.2, 0) is 9.84 Å². The molecule has 2 N–H and O–H groups in total. The van der Waals surface area contributed by atoms with Crippen molar-refractivity contribution >= 4 is 43.6 Å². The quantitative estimate of drug-likeness (QED) is 0.518. The molecule has 1 aromatic carbocycles. The van der Waals surface area contributed by atoms with Gasteiger partial charge in [0.15, 0.2) is 9.84 Å². The number of amides is 4. The Labute approximate surface area is 159 Å². The summed E-state index contributed by atoms with van der Waals surface area (Å²) in [5.41, 5.74) is 0.754. The van der Waals surface area contributed by atoms with Crippen molar-refractivity contribution in [2.75, 3.05) is 24.6 Å². The minimum Gasteiger partial charge on any atom is -0.338 e. The van der Waals surface area contributed by atoms with E-state index in [0.717, 1.165) is 4.47 Å². The summed E-state index contributed by atoms with van der Waals surface area (Å²) in [6.07, 6.45) is 0.823. The Morgan fingerprint density at radius 3 is 2.65 bits per heavy atom. The number of benzene rings is 1. The van der Waals surface area contributed by atoms with Crippen LogP contribution in [0.25, 0.3) is 0 Å². The van der Waals surface area contributed by atoms with Crippen LogP contribution in [0.5, 0.6) is 0 Å². The highest BCUT2D eigenvalue weighted by Gasteiger charge is 2.35. The van der Waals surface area contributed by atoms with E-state index >= 15 is 0 Å². The van der Waals surface area contributed by atoms with E-state index in [1.54, 1.807) is 18.2 Å². The summed E-state index contributed by atoms with van der Waals surface area (Å²) in [7, 11) is -3.05. The first-order valence-corrected chi connectivity index (χ1v) is 10.8. The number of hydrogen-bond acceptors (Lipinski definition) is 5. The van der Waals surface area contributed by atoms with E-state index in [9.17, 15) is 22.8 Å². The van der Waals surface area contributed by atoms with Gasteiger partial charge in [-0.15, -0.1) is 0 Å². The first-order valence-electron chi connectivity index (χ1n) is 8.17. The Bertz CT molecular complexity index is 871. The largest absolute Gasteiger partial charge is 0.338 e. The molecule has 3 rings (SSSR count). The molecule has 0 spiro atoms. The average molecular weight is 444 g/mol. The fraction of sp³-hybridized carbons (Fsp3) is 0.438. The lowest BCUT2D eigenvalue weighted by molar-refractivity contribution is 0.0653. The summed E-state index contributed by atoms with van der Waals surface area (Å²) in [6.45, 7) is 0.463. The van der Waals surface area contributed by atoms with Gasteiger partial charge in [-0.2, -0.15) is 0 Å². The number of nitrogens with zero attached hydrogens (tertiary/aromatic N) is 1. The van der Waals surface area contributed by atoms with Crippen LogP contribution in [0.4, 0.5) is 4.79 Å². The minimum absolute atomic E-state index is 0.0367. The Balaban J connectivity index is 1.44. The van der Waals surface area contributed by atoms with Gasteiger partial charge in [0.2, 0.25) is 0 Å². The number of sulfone groups is 1. The summed E-state index contributed by atoms with van der Waals surface area (Å²) >= 11 is 3.28. The number of halogens is 1. The maximum atomic E-state index is 12.3.